The van der Waals surface area contributed by atoms with Crippen molar-refractivity contribution in [3.63, 3.8) is 0 Å². The molecule has 0 atom stereocenters. The SMILES string of the molecule is CC1(C)CCC(NC(=O)CC2CCNCC2)CC1. The molecule has 1 saturated carbocycles. The van der Waals surface area contributed by atoms with Gasteiger partial charge in [0.15, 0.2) is 0 Å². The Morgan fingerprint density at radius 2 is 1.78 bits per heavy atom. The highest BCUT2D eigenvalue weighted by atomic mass is 16.1. The van der Waals surface area contributed by atoms with E-state index in [2.05, 4.69) is 24.5 Å². The molecule has 0 bridgehead atoms. The lowest BCUT2D eigenvalue weighted by Gasteiger charge is -2.35. The fourth-order valence-electron chi connectivity index (χ4n) is 3.18. The van der Waals surface area contributed by atoms with Gasteiger partial charge in [0.2, 0.25) is 5.91 Å². The Hall–Kier alpha value is -0.570. The first-order valence-corrected chi connectivity index (χ1v) is 7.55. The van der Waals surface area contributed by atoms with Crippen LogP contribution in [0.3, 0.4) is 0 Å². The van der Waals surface area contributed by atoms with Crippen molar-refractivity contribution in [3.8, 4) is 0 Å². The predicted octanol–water partition coefficient (Wildman–Crippen LogP) is 2.46. The van der Waals surface area contributed by atoms with Gasteiger partial charge >= 0.3 is 0 Å². The van der Waals surface area contributed by atoms with Gasteiger partial charge in [-0.2, -0.15) is 0 Å². The molecule has 104 valence electrons. The summed E-state index contributed by atoms with van der Waals surface area (Å²) >= 11 is 0. The number of amides is 1. The minimum atomic E-state index is 0.284. The minimum absolute atomic E-state index is 0.284. The second-order valence-corrected chi connectivity index (χ2v) is 6.90. The first-order chi connectivity index (χ1) is 8.55. The third kappa shape index (κ3) is 4.27. The van der Waals surface area contributed by atoms with E-state index in [1.165, 1.54) is 12.8 Å². The smallest absolute Gasteiger partial charge is 0.220 e. The van der Waals surface area contributed by atoms with Crippen LogP contribution in [-0.2, 0) is 4.79 Å². The highest BCUT2D eigenvalue weighted by Gasteiger charge is 2.28. The number of nitrogens with one attached hydrogen (secondary N) is 2. The van der Waals surface area contributed by atoms with E-state index in [0.717, 1.165) is 45.2 Å². The molecule has 1 aliphatic carbocycles. The Bertz CT molecular complexity index is 272. The number of piperidine rings is 1. The summed E-state index contributed by atoms with van der Waals surface area (Å²) in [5, 5.41) is 6.59. The minimum Gasteiger partial charge on any atom is -0.353 e. The third-order valence-electron chi connectivity index (χ3n) is 4.64. The van der Waals surface area contributed by atoms with Crippen molar-refractivity contribution in [3.05, 3.63) is 0 Å². The molecule has 2 rings (SSSR count). The van der Waals surface area contributed by atoms with Gasteiger partial charge in [-0.3, -0.25) is 4.79 Å². The fraction of sp³-hybridized carbons (Fsp3) is 0.933. The quantitative estimate of drug-likeness (QED) is 0.810. The molecule has 1 aliphatic heterocycles. The number of carbonyl (C=O) groups excluding carboxylic acids is 1. The van der Waals surface area contributed by atoms with Gasteiger partial charge in [-0.05, 0) is 62.9 Å². The summed E-state index contributed by atoms with van der Waals surface area (Å²) in [7, 11) is 0. The maximum absolute atomic E-state index is 12.0. The van der Waals surface area contributed by atoms with Crippen molar-refractivity contribution in [2.75, 3.05) is 13.1 Å². The van der Waals surface area contributed by atoms with Crippen molar-refractivity contribution in [2.24, 2.45) is 11.3 Å². The lowest BCUT2D eigenvalue weighted by atomic mass is 9.75. The van der Waals surface area contributed by atoms with E-state index >= 15 is 0 Å². The fourth-order valence-corrected chi connectivity index (χ4v) is 3.18. The molecular weight excluding hydrogens is 224 g/mol. The van der Waals surface area contributed by atoms with Gasteiger partial charge in [-0.15, -0.1) is 0 Å². The Labute approximate surface area is 111 Å². The molecule has 1 heterocycles. The summed E-state index contributed by atoms with van der Waals surface area (Å²) in [6, 6.07) is 0.437. The van der Waals surface area contributed by atoms with E-state index in [1.807, 2.05) is 0 Å². The van der Waals surface area contributed by atoms with Gasteiger partial charge < -0.3 is 10.6 Å². The van der Waals surface area contributed by atoms with Gasteiger partial charge in [-0.25, -0.2) is 0 Å². The molecule has 3 nitrogen and oxygen atoms in total. The number of hydrogen-bond acceptors (Lipinski definition) is 2. The first kappa shape index (κ1) is 13.9. The van der Waals surface area contributed by atoms with E-state index in [-0.39, 0.29) is 5.91 Å². The lowest BCUT2D eigenvalue weighted by Crippen LogP contribution is -2.40. The molecule has 0 radical (unpaired) electrons. The highest BCUT2D eigenvalue weighted by Crippen LogP contribution is 2.35. The van der Waals surface area contributed by atoms with Crippen LogP contribution in [0.15, 0.2) is 0 Å². The molecule has 18 heavy (non-hydrogen) atoms. The van der Waals surface area contributed by atoms with Crippen LogP contribution >= 0.6 is 0 Å². The van der Waals surface area contributed by atoms with Crippen molar-refractivity contribution in [1.82, 2.24) is 10.6 Å². The lowest BCUT2D eigenvalue weighted by molar-refractivity contribution is -0.123. The summed E-state index contributed by atoms with van der Waals surface area (Å²) in [5.74, 6) is 0.887. The zero-order chi connectivity index (χ0) is 13.0. The van der Waals surface area contributed by atoms with E-state index < -0.39 is 0 Å². The number of carbonyl (C=O) groups is 1. The number of hydrogen-bond donors (Lipinski definition) is 2. The van der Waals surface area contributed by atoms with Crippen LogP contribution in [0.5, 0.6) is 0 Å². The molecular formula is C15H28N2O. The van der Waals surface area contributed by atoms with Crippen LogP contribution in [0.25, 0.3) is 0 Å². The summed E-state index contributed by atoms with van der Waals surface area (Å²) in [5.41, 5.74) is 0.482. The molecule has 1 amide bonds. The van der Waals surface area contributed by atoms with E-state index in [4.69, 9.17) is 0 Å². The van der Waals surface area contributed by atoms with Crippen LogP contribution in [-0.4, -0.2) is 25.0 Å². The molecule has 2 N–H and O–H groups in total. The van der Waals surface area contributed by atoms with Gasteiger partial charge in [0.05, 0.1) is 0 Å². The molecule has 0 aromatic heterocycles. The van der Waals surface area contributed by atoms with Gasteiger partial charge in [0.1, 0.15) is 0 Å². The molecule has 2 aliphatic rings. The average molecular weight is 252 g/mol. The van der Waals surface area contributed by atoms with E-state index in [1.54, 1.807) is 0 Å². The maximum Gasteiger partial charge on any atom is 0.220 e. The summed E-state index contributed by atoms with van der Waals surface area (Å²) in [4.78, 5) is 12.0. The van der Waals surface area contributed by atoms with Crippen molar-refractivity contribution >= 4 is 5.91 Å². The summed E-state index contributed by atoms with van der Waals surface area (Å²) < 4.78 is 0. The van der Waals surface area contributed by atoms with E-state index in [0.29, 0.717) is 17.4 Å². The Morgan fingerprint density at radius 1 is 1.17 bits per heavy atom. The maximum atomic E-state index is 12.0. The predicted molar refractivity (Wildman–Crippen MR) is 74.4 cm³/mol. The molecule has 0 aromatic carbocycles. The molecule has 3 heteroatoms. The Morgan fingerprint density at radius 3 is 2.39 bits per heavy atom. The van der Waals surface area contributed by atoms with Crippen LogP contribution in [0.1, 0.15) is 58.8 Å². The van der Waals surface area contributed by atoms with Gasteiger partial charge in [0, 0.05) is 12.5 Å². The van der Waals surface area contributed by atoms with Gasteiger partial charge in [-0.1, -0.05) is 13.8 Å². The second-order valence-electron chi connectivity index (χ2n) is 6.90. The Kier molecular flexibility index (Phi) is 4.66. The Balaban J connectivity index is 1.68. The van der Waals surface area contributed by atoms with Crippen molar-refractivity contribution < 1.29 is 4.79 Å². The van der Waals surface area contributed by atoms with Crippen LogP contribution in [0, 0.1) is 11.3 Å². The average Bonchev–Trinajstić information content (AvgIpc) is 2.33. The summed E-state index contributed by atoms with van der Waals surface area (Å²) in [6.07, 6.45) is 7.85. The third-order valence-corrected chi connectivity index (χ3v) is 4.64. The van der Waals surface area contributed by atoms with Crippen LogP contribution in [0.4, 0.5) is 0 Å². The summed E-state index contributed by atoms with van der Waals surface area (Å²) in [6.45, 7) is 6.82. The second kappa shape index (κ2) is 6.05. The van der Waals surface area contributed by atoms with Crippen LogP contribution < -0.4 is 10.6 Å². The van der Waals surface area contributed by atoms with Crippen LogP contribution in [0.2, 0.25) is 0 Å². The standard InChI is InChI=1S/C15H28N2O/c1-15(2)7-3-13(4-8-15)17-14(18)11-12-5-9-16-10-6-12/h12-13,16H,3-11H2,1-2H3,(H,17,18). The first-order valence-electron chi connectivity index (χ1n) is 7.55. The normalized spacial score (nSPS) is 25.9. The molecule has 1 saturated heterocycles. The van der Waals surface area contributed by atoms with E-state index in [9.17, 15) is 4.79 Å². The molecule has 2 fully saturated rings. The molecule has 0 spiro atoms. The highest BCUT2D eigenvalue weighted by molar-refractivity contribution is 5.76. The van der Waals surface area contributed by atoms with Gasteiger partial charge in [0.25, 0.3) is 0 Å². The number of rotatable bonds is 3. The molecule has 0 unspecified atom stereocenters. The zero-order valence-electron chi connectivity index (χ0n) is 11.9. The monoisotopic (exact) mass is 252 g/mol. The largest absolute Gasteiger partial charge is 0.353 e. The van der Waals surface area contributed by atoms with Crippen molar-refractivity contribution in [2.45, 2.75) is 64.8 Å². The van der Waals surface area contributed by atoms with Crippen molar-refractivity contribution in [1.29, 1.82) is 0 Å². The zero-order valence-corrected chi connectivity index (χ0v) is 11.9. The molecule has 0 aromatic rings. The topological polar surface area (TPSA) is 41.1 Å².